The third kappa shape index (κ3) is 4.36. The number of anilines is 2. The monoisotopic (exact) mass is 548 g/mol. The van der Waals surface area contributed by atoms with Gasteiger partial charge in [-0.3, -0.25) is 28.4 Å². The van der Waals surface area contributed by atoms with Crippen LogP contribution in [0.1, 0.15) is 11.3 Å². The van der Waals surface area contributed by atoms with Crippen molar-refractivity contribution in [1.82, 2.24) is 18.7 Å². The topological polar surface area (TPSA) is 103 Å². The number of carbonyl (C=O) groups excluding carboxylic acids is 1. The molecule has 1 aromatic carbocycles. The number of carbonyl (C=O) groups is 1. The van der Waals surface area contributed by atoms with Gasteiger partial charge in [-0.1, -0.05) is 48.2 Å². The lowest BCUT2D eigenvalue weighted by molar-refractivity contribution is -0.113. The van der Waals surface area contributed by atoms with Crippen LogP contribution in [-0.4, -0.2) is 49.2 Å². The summed E-state index contributed by atoms with van der Waals surface area (Å²) in [6, 6.07) is 14.4. The molecule has 1 N–H and O–H groups in total. The van der Waals surface area contributed by atoms with E-state index in [1.54, 1.807) is 50.2 Å². The van der Waals surface area contributed by atoms with Gasteiger partial charge in [-0.05, 0) is 37.3 Å². The first-order chi connectivity index (χ1) is 18.3. The van der Waals surface area contributed by atoms with E-state index in [1.165, 1.54) is 20.1 Å². The van der Waals surface area contributed by atoms with Gasteiger partial charge in [-0.25, -0.2) is 9.67 Å². The Kier molecular flexibility index (Phi) is 7.02. The van der Waals surface area contributed by atoms with Crippen molar-refractivity contribution in [2.75, 3.05) is 30.5 Å². The van der Waals surface area contributed by atoms with Gasteiger partial charge in [0, 0.05) is 26.9 Å². The highest BCUT2D eigenvalue weighted by Crippen LogP contribution is 2.36. The average Bonchev–Trinajstić information content (AvgIpc) is 3.31. The van der Waals surface area contributed by atoms with Crippen LogP contribution in [0.25, 0.3) is 17.4 Å². The van der Waals surface area contributed by atoms with Crippen LogP contribution < -0.4 is 21.3 Å². The number of fused-ring (bicyclic) bond motifs is 1. The number of thiocarbonyl (C=S) groups is 1. The van der Waals surface area contributed by atoms with Gasteiger partial charge in [0.05, 0.1) is 28.5 Å². The molecule has 0 atom stereocenters. The molecule has 38 heavy (non-hydrogen) atoms. The number of hydrogen-bond donors (Lipinski definition) is 1. The molecule has 0 aliphatic carbocycles. The number of nitrogens with zero attached hydrogens (tertiary/aromatic N) is 5. The number of ether oxygens (including phenoxy) is 1. The Bertz CT molecular complexity index is 1720. The minimum Gasteiger partial charge on any atom is -0.383 e. The number of thioether (sulfide) groups is 1. The number of pyridine rings is 1. The molecule has 10 nitrogen and oxygen atoms in total. The van der Waals surface area contributed by atoms with Crippen LogP contribution in [0.3, 0.4) is 0 Å². The molecule has 0 radical (unpaired) electrons. The molecule has 5 rings (SSSR count). The van der Waals surface area contributed by atoms with E-state index in [2.05, 4.69) is 10.3 Å². The Labute approximate surface area is 227 Å². The predicted molar refractivity (Wildman–Crippen MR) is 153 cm³/mol. The Morgan fingerprint density at radius 2 is 1.82 bits per heavy atom. The standard InChI is InChI=1S/C26H24N6O4S2/c1-16-21(25(35)32(29(16)2)17-9-5-4-6-10-17)31-24(34)19(38-26(31)37)15-18-22(27-12-14-36-3)28-20-11-7-8-13-30(20)23(18)33/h4-11,13,15,27H,12,14H2,1-3H3. The molecule has 12 heteroatoms. The minimum absolute atomic E-state index is 0.175. The van der Waals surface area contributed by atoms with Crippen LogP contribution in [0.4, 0.5) is 11.5 Å². The van der Waals surface area contributed by atoms with E-state index in [0.29, 0.717) is 36.0 Å². The average molecular weight is 549 g/mol. The van der Waals surface area contributed by atoms with Gasteiger partial charge in [0.2, 0.25) is 0 Å². The lowest BCUT2D eigenvalue weighted by atomic mass is 10.2. The lowest BCUT2D eigenvalue weighted by Gasteiger charge is -2.12. The summed E-state index contributed by atoms with van der Waals surface area (Å²) in [5.74, 6) is -0.155. The SMILES string of the molecule is COCCNc1nc2ccccn2c(=O)c1C=C1SC(=S)N(c2c(C)n(C)n(-c3ccccc3)c2=O)C1=O. The van der Waals surface area contributed by atoms with Gasteiger partial charge in [0.1, 0.15) is 17.2 Å². The van der Waals surface area contributed by atoms with E-state index in [0.717, 1.165) is 11.8 Å². The molecule has 1 amide bonds. The number of nitrogens with one attached hydrogen (secondary N) is 1. The smallest absolute Gasteiger partial charge is 0.296 e. The molecule has 1 saturated heterocycles. The van der Waals surface area contributed by atoms with Crippen molar-refractivity contribution >= 4 is 57.4 Å². The van der Waals surface area contributed by atoms with E-state index in [4.69, 9.17) is 17.0 Å². The van der Waals surface area contributed by atoms with E-state index in [9.17, 15) is 14.4 Å². The molecule has 1 aliphatic heterocycles. The van der Waals surface area contributed by atoms with Gasteiger partial charge < -0.3 is 10.1 Å². The quantitative estimate of drug-likeness (QED) is 0.214. The van der Waals surface area contributed by atoms with E-state index < -0.39 is 5.91 Å². The van der Waals surface area contributed by atoms with Crippen LogP contribution in [0.5, 0.6) is 0 Å². The molecule has 4 aromatic rings. The molecule has 4 heterocycles. The highest BCUT2D eigenvalue weighted by molar-refractivity contribution is 8.27. The largest absolute Gasteiger partial charge is 0.383 e. The third-order valence-electron chi connectivity index (χ3n) is 6.18. The fourth-order valence-corrected chi connectivity index (χ4v) is 5.49. The van der Waals surface area contributed by atoms with Crippen molar-refractivity contribution in [2.45, 2.75) is 6.92 Å². The summed E-state index contributed by atoms with van der Waals surface area (Å²) in [6.07, 6.45) is 3.10. The first-order valence-corrected chi connectivity index (χ1v) is 12.9. The molecule has 0 saturated carbocycles. The van der Waals surface area contributed by atoms with E-state index in [-0.39, 0.29) is 31.6 Å². The normalized spacial score (nSPS) is 14.7. The molecule has 1 fully saturated rings. The highest BCUT2D eigenvalue weighted by Gasteiger charge is 2.38. The molecular formula is C26H24N6O4S2. The van der Waals surface area contributed by atoms with E-state index in [1.807, 2.05) is 30.3 Å². The molecule has 194 valence electrons. The third-order valence-corrected chi connectivity index (χ3v) is 7.49. The van der Waals surface area contributed by atoms with Crippen LogP contribution in [0, 0.1) is 6.92 Å². The second kappa shape index (κ2) is 10.4. The molecule has 1 aliphatic rings. The zero-order valence-corrected chi connectivity index (χ0v) is 22.5. The van der Waals surface area contributed by atoms with E-state index >= 15 is 0 Å². The number of para-hydroxylation sites is 1. The zero-order valence-electron chi connectivity index (χ0n) is 20.9. The first-order valence-electron chi connectivity index (χ1n) is 11.7. The maximum absolute atomic E-state index is 13.7. The number of rotatable bonds is 7. The van der Waals surface area contributed by atoms with Gasteiger partial charge in [0.15, 0.2) is 4.32 Å². The summed E-state index contributed by atoms with van der Waals surface area (Å²) < 4.78 is 9.90. The Balaban J connectivity index is 1.60. The fourth-order valence-electron chi connectivity index (χ4n) is 4.24. The van der Waals surface area contributed by atoms with Crippen LogP contribution in [-0.2, 0) is 16.6 Å². The highest BCUT2D eigenvalue weighted by atomic mass is 32.2. The first kappa shape index (κ1) is 25.6. The maximum atomic E-state index is 13.7. The summed E-state index contributed by atoms with van der Waals surface area (Å²) in [7, 11) is 3.33. The second-order valence-electron chi connectivity index (χ2n) is 8.45. The number of hydrogen-bond acceptors (Lipinski definition) is 8. The van der Waals surface area contributed by atoms with Crippen molar-refractivity contribution in [1.29, 1.82) is 0 Å². The van der Waals surface area contributed by atoms with Crippen molar-refractivity contribution in [3.63, 3.8) is 0 Å². The van der Waals surface area contributed by atoms with Gasteiger partial charge >= 0.3 is 0 Å². The van der Waals surface area contributed by atoms with Crippen LogP contribution >= 0.6 is 24.0 Å². The summed E-state index contributed by atoms with van der Waals surface area (Å²) in [6.45, 7) is 2.57. The predicted octanol–water partition coefficient (Wildman–Crippen LogP) is 2.96. The molecule has 0 bridgehead atoms. The van der Waals surface area contributed by atoms with Crippen molar-refractivity contribution in [3.8, 4) is 5.69 Å². The molecule has 0 spiro atoms. The minimum atomic E-state index is -0.480. The Morgan fingerprint density at radius 3 is 2.55 bits per heavy atom. The van der Waals surface area contributed by atoms with Gasteiger partial charge in [-0.15, -0.1) is 0 Å². The van der Waals surface area contributed by atoms with Gasteiger partial charge in [0.25, 0.3) is 17.0 Å². The van der Waals surface area contributed by atoms with Crippen LogP contribution in [0.15, 0.2) is 69.2 Å². The maximum Gasteiger partial charge on any atom is 0.296 e. The summed E-state index contributed by atoms with van der Waals surface area (Å²) in [5, 5.41) is 3.12. The van der Waals surface area contributed by atoms with Crippen molar-refractivity contribution in [3.05, 3.63) is 91.6 Å². The fraction of sp³-hybridized carbons (Fsp3) is 0.192. The van der Waals surface area contributed by atoms with Crippen molar-refractivity contribution < 1.29 is 9.53 Å². The number of benzene rings is 1. The Hall–Kier alpha value is -4.00. The lowest BCUT2D eigenvalue weighted by Crippen LogP contribution is -2.33. The number of amides is 1. The zero-order chi connectivity index (χ0) is 27.0. The molecule has 3 aromatic heterocycles. The van der Waals surface area contributed by atoms with Crippen LogP contribution in [0.2, 0.25) is 0 Å². The van der Waals surface area contributed by atoms with Gasteiger partial charge in [-0.2, -0.15) is 0 Å². The summed E-state index contributed by atoms with van der Waals surface area (Å²) >= 11 is 6.58. The number of aromatic nitrogens is 4. The van der Waals surface area contributed by atoms with Crippen molar-refractivity contribution in [2.24, 2.45) is 7.05 Å². The summed E-state index contributed by atoms with van der Waals surface area (Å²) in [4.78, 5) is 46.6. The molecular weight excluding hydrogens is 524 g/mol. The molecule has 0 unspecified atom stereocenters. The second-order valence-corrected chi connectivity index (χ2v) is 10.1. The Morgan fingerprint density at radius 1 is 1.08 bits per heavy atom. The number of methoxy groups -OCH3 is 1. The summed E-state index contributed by atoms with van der Waals surface area (Å²) in [5.41, 5.74) is 1.36.